The number of nitrogens with zero attached hydrogens (tertiary/aromatic N) is 4. The van der Waals surface area contributed by atoms with Crippen LogP contribution in [0.3, 0.4) is 0 Å². The summed E-state index contributed by atoms with van der Waals surface area (Å²) >= 11 is 0. The number of aliphatic hydroxyl groups excluding tert-OH is 1. The van der Waals surface area contributed by atoms with Crippen LogP contribution in [0, 0.1) is 0 Å². The zero-order chi connectivity index (χ0) is 11.5. The van der Waals surface area contributed by atoms with Crippen LogP contribution < -0.4 is 0 Å². The lowest BCUT2D eigenvalue weighted by Crippen LogP contribution is -2.04. The number of rotatable bonds is 4. The number of aliphatic hydroxyl groups is 1. The van der Waals surface area contributed by atoms with Gasteiger partial charge in [0, 0.05) is 32.2 Å². The van der Waals surface area contributed by atoms with Gasteiger partial charge >= 0.3 is 0 Å². The maximum absolute atomic E-state index is 9.92. The Kier molecular flexibility index (Phi) is 3.05. The van der Waals surface area contributed by atoms with Gasteiger partial charge in [-0.25, -0.2) is 0 Å². The summed E-state index contributed by atoms with van der Waals surface area (Å²) in [4.78, 5) is 0. The van der Waals surface area contributed by atoms with Gasteiger partial charge in [-0.2, -0.15) is 10.2 Å². The molecule has 2 heterocycles. The first-order valence-electron chi connectivity index (χ1n) is 5.31. The van der Waals surface area contributed by atoms with Crippen LogP contribution in [-0.4, -0.2) is 24.7 Å². The standard InChI is InChI=1S/C11H16N4O/c1-14-8-6-10(13-14)11(16)4-3-9-5-7-12-15(9)2/h5-8,11,16H,3-4H2,1-2H3. The maximum atomic E-state index is 9.92. The fourth-order valence-corrected chi connectivity index (χ4v) is 1.69. The lowest BCUT2D eigenvalue weighted by Gasteiger charge is -2.07. The third-order valence-corrected chi connectivity index (χ3v) is 2.67. The number of hydrogen-bond acceptors (Lipinski definition) is 3. The van der Waals surface area contributed by atoms with Crippen molar-refractivity contribution in [1.29, 1.82) is 0 Å². The summed E-state index contributed by atoms with van der Waals surface area (Å²) in [5.74, 6) is 0. The van der Waals surface area contributed by atoms with Gasteiger partial charge in [0.25, 0.3) is 0 Å². The second-order valence-corrected chi connectivity index (χ2v) is 3.91. The summed E-state index contributed by atoms with van der Waals surface area (Å²) in [7, 11) is 3.75. The molecule has 0 aliphatic carbocycles. The minimum atomic E-state index is -0.504. The lowest BCUT2D eigenvalue weighted by molar-refractivity contribution is 0.161. The fraction of sp³-hybridized carbons (Fsp3) is 0.455. The molecule has 0 amide bonds. The molecule has 5 heteroatoms. The van der Waals surface area contributed by atoms with Gasteiger partial charge in [0.2, 0.25) is 0 Å². The van der Waals surface area contributed by atoms with Gasteiger partial charge in [0.1, 0.15) is 0 Å². The van der Waals surface area contributed by atoms with Crippen molar-refractivity contribution < 1.29 is 5.11 Å². The summed E-state index contributed by atoms with van der Waals surface area (Å²) in [6.45, 7) is 0. The Morgan fingerprint density at radius 1 is 1.38 bits per heavy atom. The van der Waals surface area contributed by atoms with Crippen molar-refractivity contribution in [3.05, 3.63) is 35.9 Å². The fourth-order valence-electron chi connectivity index (χ4n) is 1.69. The Hall–Kier alpha value is -1.62. The molecule has 0 radical (unpaired) electrons. The van der Waals surface area contributed by atoms with Crippen LogP contribution in [0.1, 0.15) is 23.9 Å². The van der Waals surface area contributed by atoms with Gasteiger partial charge in [-0.3, -0.25) is 9.36 Å². The predicted molar refractivity (Wildman–Crippen MR) is 59.7 cm³/mol. The molecular weight excluding hydrogens is 204 g/mol. The van der Waals surface area contributed by atoms with E-state index in [4.69, 9.17) is 0 Å². The van der Waals surface area contributed by atoms with Gasteiger partial charge in [-0.05, 0) is 25.0 Å². The summed E-state index contributed by atoms with van der Waals surface area (Å²) in [6, 6.07) is 3.80. The molecule has 1 unspecified atom stereocenters. The SMILES string of the molecule is Cn1ccc(C(O)CCc2ccnn2C)n1. The third-order valence-electron chi connectivity index (χ3n) is 2.67. The maximum Gasteiger partial charge on any atom is 0.0982 e. The molecule has 0 fully saturated rings. The first-order chi connectivity index (χ1) is 7.66. The van der Waals surface area contributed by atoms with E-state index in [1.807, 2.05) is 37.1 Å². The summed E-state index contributed by atoms with van der Waals surface area (Å²) in [5.41, 5.74) is 1.85. The van der Waals surface area contributed by atoms with Crippen molar-refractivity contribution in [2.24, 2.45) is 14.1 Å². The molecule has 2 rings (SSSR count). The molecule has 1 atom stereocenters. The van der Waals surface area contributed by atoms with Crippen LogP contribution in [0.4, 0.5) is 0 Å². The van der Waals surface area contributed by atoms with E-state index in [1.165, 1.54) is 0 Å². The van der Waals surface area contributed by atoms with Gasteiger partial charge in [0.15, 0.2) is 0 Å². The second-order valence-electron chi connectivity index (χ2n) is 3.91. The number of aromatic nitrogens is 4. The monoisotopic (exact) mass is 220 g/mol. The van der Waals surface area contributed by atoms with Crippen LogP contribution >= 0.6 is 0 Å². The van der Waals surface area contributed by atoms with E-state index in [0.29, 0.717) is 6.42 Å². The molecule has 0 saturated heterocycles. The van der Waals surface area contributed by atoms with Crippen LogP contribution in [0.15, 0.2) is 24.5 Å². The second kappa shape index (κ2) is 4.49. The smallest absolute Gasteiger partial charge is 0.0982 e. The topological polar surface area (TPSA) is 55.9 Å². The highest BCUT2D eigenvalue weighted by Crippen LogP contribution is 2.16. The van der Waals surface area contributed by atoms with E-state index in [1.54, 1.807) is 10.9 Å². The average Bonchev–Trinajstić information content (AvgIpc) is 2.84. The molecule has 1 N–H and O–H groups in total. The van der Waals surface area contributed by atoms with Gasteiger partial charge in [0.05, 0.1) is 11.8 Å². The molecule has 0 saturated carbocycles. The lowest BCUT2D eigenvalue weighted by atomic mass is 10.1. The Morgan fingerprint density at radius 3 is 2.75 bits per heavy atom. The van der Waals surface area contributed by atoms with Crippen molar-refractivity contribution in [2.45, 2.75) is 18.9 Å². The molecule has 0 aliphatic rings. The average molecular weight is 220 g/mol. The zero-order valence-electron chi connectivity index (χ0n) is 9.54. The van der Waals surface area contributed by atoms with Crippen molar-refractivity contribution in [2.75, 3.05) is 0 Å². The van der Waals surface area contributed by atoms with Crippen molar-refractivity contribution in [3.63, 3.8) is 0 Å². The van der Waals surface area contributed by atoms with Crippen LogP contribution in [0.2, 0.25) is 0 Å². The van der Waals surface area contributed by atoms with Crippen molar-refractivity contribution >= 4 is 0 Å². The van der Waals surface area contributed by atoms with Crippen LogP contribution in [0.25, 0.3) is 0 Å². The van der Waals surface area contributed by atoms with Crippen molar-refractivity contribution in [1.82, 2.24) is 19.6 Å². The largest absolute Gasteiger partial charge is 0.387 e. The molecule has 2 aromatic heterocycles. The predicted octanol–water partition coefficient (Wildman–Crippen LogP) is 0.820. The van der Waals surface area contributed by atoms with E-state index in [2.05, 4.69) is 10.2 Å². The highest BCUT2D eigenvalue weighted by Gasteiger charge is 2.11. The van der Waals surface area contributed by atoms with E-state index >= 15 is 0 Å². The van der Waals surface area contributed by atoms with E-state index < -0.39 is 6.10 Å². The highest BCUT2D eigenvalue weighted by molar-refractivity contribution is 5.05. The van der Waals surface area contributed by atoms with E-state index in [9.17, 15) is 5.11 Å². The molecule has 5 nitrogen and oxygen atoms in total. The molecule has 0 spiro atoms. The normalized spacial score (nSPS) is 12.9. The van der Waals surface area contributed by atoms with Gasteiger partial charge < -0.3 is 5.11 Å². The Bertz CT molecular complexity index is 460. The van der Waals surface area contributed by atoms with Crippen LogP contribution in [-0.2, 0) is 20.5 Å². The van der Waals surface area contributed by atoms with E-state index in [0.717, 1.165) is 17.8 Å². The minimum absolute atomic E-state index is 0.504. The van der Waals surface area contributed by atoms with Crippen molar-refractivity contribution in [3.8, 4) is 0 Å². The molecule has 86 valence electrons. The molecule has 0 bridgehead atoms. The number of hydrogen-bond donors (Lipinski definition) is 1. The molecule has 0 aliphatic heterocycles. The first kappa shape index (κ1) is 10.9. The zero-order valence-corrected chi connectivity index (χ0v) is 9.54. The summed E-state index contributed by atoms with van der Waals surface area (Å²) in [6.07, 6.45) is 4.56. The highest BCUT2D eigenvalue weighted by atomic mass is 16.3. The third kappa shape index (κ3) is 2.30. The van der Waals surface area contributed by atoms with E-state index in [-0.39, 0.29) is 0 Å². The molecule has 16 heavy (non-hydrogen) atoms. The summed E-state index contributed by atoms with van der Waals surface area (Å²) < 4.78 is 3.52. The minimum Gasteiger partial charge on any atom is -0.387 e. The summed E-state index contributed by atoms with van der Waals surface area (Å²) in [5, 5.41) is 18.2. The Morgan fingerprint density at radius 2 is 2.19 bits per heavy atom. The molecular formula is C11H16N4O. The van der Waals surface area contributed by atoms with Gasteiger partial charge in [-0.15, -0.1) is 0 Å². The molecule has 2 aromatic rings. The Balaban J connectivity index is 1.93. The quantitative estimate of drug-likeness (QED) is 0.830. The van der Waals surface area contributed by atoms with Gasteiger partial charge in [-0.1, -0.05) is 0 Å². The number of aryl methyl sites for hydroxylation is 3. The molecule has 0 aromatic carbocycles. The Labute approximate surface area is 94.3 Å². The van der Waals surface area contributed by atoms with Crippen LogP contribution in [0.5, 0.6) is 0 Å². The first-order valence-corrected chi connectivity index (χ1v) is 5.31.